The van der Waals surface area contributed by atoms with Crippen molar-refractivity contribution in [2.45, 2.75) is 24.1 Å². The highest BCUT2D eigenvalue weighted by Crippen LogP contribution is 2.26. The summed E-state index contributed by atoms with van der Waals surface area (Å²) >= 11 is 1.17. The number of hydrogen-bond acceptors (Lipinski definition) is 6. The van der Waals surface area contributed by atoms with E-state index >= 15 is 0 Å². The summed E-state index contributed by atoms with van der Waals surface area (Å²) in [6, 6.07) is 9.85. The summed E-state index contributed by atoms with van der Waals surface area (Å²) in [5.74, 6) is 1.23. The van der Waals surface area contributed by atoms with E-state index in [0.717, 1.165) is 18.8 Å². The molecule has 30 heavy (non-hydrogen) atoms. The zero-order valence-corrected chi connectivity index (χ0v) is 18.4. The van der Waals surface area contributed by atoms with Gasteiger partial charge in [0.15, 0.2) is 6.61 Å². The average Bonchev–Trinajstić information content (AvgIpc) is 3.42. The van der Waals surface area contributed by atoms with E-state index in [0.29, 0.717) is 18.0 Å². The van der Waals surface area contributed by atoms with Crippen LogP contribution < -0.4 is 14.4 Å². The third-order valence-electron chi connectivity index (χ3n) is 4.50. The van der Waals surface area contributed by atoms with Gasteiger partial charge in [-0.3, -0.25) is 9.10 Å². The maximum Gasteiger partial charge on any atom is 0.273 e. The predicted molar refractivity (Wildman–Crippen MR) is 116 cm³/mol. The Morgan fingerprint density at radius 3 is 2.67 bits per heavy atom. The number of ether oxygens (including phenoxy) is 1. The summed E-state index contributed by atoms with van der Waals surface area (Å²) in [7, 11) is -2.07. The minimum Gasteiger partial charge on any atom is -0.484 e. The number of aryl methyl sites for hydroxylation is 2. The van der Waals surface area contributed by atoms with Gasteiger partial charge in [0.05, 0.1) is 5.69 Å². The second-order valence-corrected chi connectivity index (χ2v) is 9.70. The van der Waals surface area contributed by atoms with E-state index in [1.807, 2.05) is 17.7 Å². The largest absolute Gasteiger partial charge is 0.484 e. The lowest BCUT2D eigenvalue weighted by Gasteiger charge is -2.18. The number of rotatable bonds is 10. The second-order valence-electron chi connectivity index (χ2n) is 6.56. The van der Waals surface area contributed by atoms with Gasteiger partial charge in [-0.15, -0.1) is 11.3 Å². The van der Waals surface area contributed by atoms with Crippen LogP contribution in [0.3, 0.4) is 0 Å². The summed E-state index contributed by atoms with van der Waals surface area (Å²) in [5, 5.41) is 4.54. The van der Waals surface area contributed by atoms with Gasteiger partial charge in [-0.2, -0.15) is 0 Å². The third-order valence-corrected chi connectivity index (χ3v) is 7.66. The normalized spacial score (nSPS) is 11.3. The molecule has 1 aromatic carbocycles. The first-order valence-corrected chi connectivity index (χ1v) is 11.7. The molecule has 2 aromatic heterocycles. The average molecular weight is 449 g/mol. The summed E-state index contributed by atoms with van der Waals surface area (Å²) < 4.78 is 34.1. The maximum atomic E-state index is 12.6. The molecule has 0 unspecified atom stereocenters. The number of anilines is 1. The molecule has 0 aliphatic rings. The van der Waals surface area contributed by atoms with Crippen molar-refractivity contribution in [1.29, 1.82) is 0 Å². The molecular weight excluding hydrogens is 424 g/mol. The first-order chi connectivity index (χ1) is 14.4. The van der Waals surface area contributed by atoms with E-state index in [1.54, 1.807) is 48.0 Å². The zero-order valence-electron chi connectivity index (χ0n) is 16.8. The predicted octanol–water partition coefficient (Wildman–Crippen LogP) is 2.66. The molecule has 0 saturated heterocycles. The van der Waals surface area contributed by atoms with E-state index in [4.69, 9.17) is 4.74 Å². The minimum absolute atomic E-state index is 0.104. The molecule has 0 spiro atoms. The summed E-state index contributed by atoms with van der Waals surface area (Å²) in [5.41, 5.74) is 0.509. The first kappa shape index (κ1) is 21.8. The van der Waals surface area contributed by atoms with Crippen molar-refractivity contribution in [3.8, 4) is 5.75 Å². The Hall–Kier alpha value is -2.85. The fraction of sp³-hybridized carbons (Fsp3) is 0.300. The van der Waals surface area contributed by atoms with Gasteiger partial charge < -0.3 is 14.6 Å². The number of thiophene rings is 1. The van der Waals surface area contributed by atoms with Gasteiger partial charge in [-0.25, -0.2) is 13.4 Å². The fourth-order valence-corrected chi connectivity index (χ4v) is 5.11. The van der Waals surface area contributed by atoms with Crippen LogP contribution in [0.5, 0.6) is 5.75 Å². The number of carbonyl (C=O) groups excluding carboxylic acids is 1. The lowest BCUT2D eigenvalue weighted by atomic mass is 10.3. The van der Waals surface area contributed by atoms with Crippen molar-refractivity contribution in [3.63, 3.8) is 0 Å². The molecule has 10 heteroatoms. The second kappa shape index (κ2) is 9.77. The molecular formula is C20H24N4O4S2. The highest BCUT2D eigenvalue weighted by atomic mass is 32.2. The number of hydrogen-bond donors (Lipinski definition) is 1. The molecule has 8 nitrogen and oxygen atoms in total. The SMILES string of the molecule is Cc1nccn1CCCNC(=O)COc1ccc(N(C)S(=O)(=O)c2cccs2)cc1. The number of sulfonamides is 1. The number of benzene rings is 1. The Labute approximate surface area is 180 Å². The van der Waals surface area contributed by atoms with Gasteiger partial charge in [0.25, 0.3) is 15.9 Å². The fourth-order valence-electron chi connectivity index (χ4n) is 2.75. The first-order valence-electron chi connectivity index (χ1n) is 9.37. The standard InChI is InChI=1S/C20H24N4O4S2/c1-16-21-11-13-24(16)12-4-10-22-19(25)15-28-18-8-6-17(7-9-18)23(2)30(26,27)20-5-3-14-29-20/h3,5-9,11,13-14H,4,10,12,15H2,1-2H3,(H,22,25). The number of amides is 1. The quantitative estimate of drug-likeness (QED) is 0.481. The molecule has 3 rings (SSSR count). The van der Waals surface area contributed by atoms with Crippen LogP contribution >= 0.6 is 11.3 Å². The van der Waals surface area contributed by atoms with Crippen LogP contribution in [0.2, 0.25) is 0 Å². The minimum atomic E-state index is -3.58. The molecule has 0 radical (unpaired) electrons. The van der Waals surface area contributed by atoms with Crippen molar-refractivity contribution in [1.82, 2.24) is 14.9 Å². The van der Waals surface area contributed by atoms with Crippen LogP contribution in [0.25, 0.3) is 0 Å². The van der Waals surface area contributed by atoms with Gasteiger partial charge in [0.2, 0.25) is 0 Å². The summed E-state index contributed by atoms with van der Waals surface area (Å²) in [6.07, 6.45) is 4.46. The molecule has 0 aliphatic heterocycles. The molecule has 1 N–H and O–H groups in total. The number of aromatic nitrogens is 2. The molecule has 160 valence electrons. The highest BCUT2D eigenvalue weighted by Gasteiger charge is 2.22. The maximum absolute atomic E-state index is 12.6. The van der Waals surface area contributed by atoms with E-state index < -0.39 is 10.0 Å². The Kier molecular flexibility index (Phi) is 7.11. The molecule has 0 aliphatic carbocycles. The molecule has 2 heterocycles. The Bertz CT molecular complexity index is 1060. The summed E-state index contributed by atoms with van der Waals surface area (Å²) in [4.78, 5) is 16.1. The molecule has 0 atom stereocenters. The Morgan fingerprint density at radius 2 is 2.03 bits per heavy atom. The van der Waals surface area contributed by atoms with Crippen LogP contribution in [-0.4, -0.2) is 44.1 Å². The van der Waals surface area contributed by atoms with Gasteiger partial charge in [-0.05, 0) is 49.1 Å². The van der Waals surface area contributed by atoms with Crippen LogP contribution in [0.1, 0.15) is 12.2 Å². The van der Waals surface area contributed by atoms with Gasteiger partial charge in [0.1, 0.15) is 15.8 Å². The molecule has 0 fully saturated rings. The van der Waals surface area contributed by atoms with Crippen molar-refractivity contribution < 1.29 is 17.9 Å². The van der Waals surface area contributed by atoms with Gasteiger partial charge in [0, 0.05) is 32.5 Å². The number of nitrogens with one attached hydrogen (secondary N) is 1. The lowest BCUT2D eigenvalue weighted by Crippen LogP contribution is -2.30. The molecule has 3 aromatic rings. The zero-order chi connectivity index (χ0) is 21.6. The third kappa shape index (κ3) is 5.39. The Balaban J connectivity index is 1.44. The van der Waals surface area contributed by atoms with Crippen molar-refractivity contribution >= 4 is 33.0 Å². The van der Waals surface area contributed by atoms with Crippen LogP contribution in [0.4, 0.5) is 5.69 Å². The number of nitrogens with zero attached hydrogens (tertiary/aromatic N) is 3. The van der Waals surface area contributed by atoms with E-state index in [1.165, 1.54) is 22.7 Å². The highest BCUT2D eigenvalue weighted by molar-refractivity contribution is 7.94. The molecule has 0 bridgehead atoms. The molecule has 0 saturated carbocycles. The van der Waals surface area contributed by atoms with Gasteiger partial charge >= 0.3 is 0 Å². The van der Waals surface area contributed by atoms with Gasteiger partial charge in [-0.1, -0.05) is 6.07 Å². The van der Waals surface area contributed by atoms with Crippen molar-refractivity contribution in [2.75, 3.05) is 24.5 Å². The van der Waals surface area contributed by atoms with Crippen LogP contribution in [0, 0.1) is 6.92 Å². The monoisotopic (exact) mass is 448 g/mol. The van der Waals surface area contributed by atoms with E-state index in [-0.39, 0.29) is 16.7 Å². The van der Waals surface area contributed by atoms with E-state index in [2.05, 4.69) is 10.3 Å². The smallest absolute Gasteiger partial charge is 0.273 e. The number of imidazole rings is 1. The lowest BCUT2D eigenvalue weighted by molar-refractivity contribution is -0.123. The molecule has 1 amide bonds. The summed E-state index contributed by atoms with van der Waals surface area (Å²) in [6.45, 7) is 3.17. The van der Waals surface area contributed by atoms with Crippen molar-refractivity contribution in [2.24, 2.45) is 0 Å². The number of carbonyl (C=O) groups is 1. The Morgan fingerprint density at radius 1 is 1.27 bits per heavy atom. The van der Waals surface area contributed by atoms with E-state index in [9.17, 15) is 13.2 Å². The topological polar surface area (TPSA) is 93.5 Å². The van der Waals surface area contributed by atoms with Crippen LogP contribution in [0.15, 0.2) is 58.4 Å². The van der Waals surface area contributed by atoms with Crippen LogP contribution in [-0.2, 0) is 21.4 Å². The van der Waals surface area contributed by atoms with Crippen molar-refractivity contribution in [3.05, 3.63) is 60.0 Å².